The van der Waals surface area contributed by atoms with Crippen molar-refractivity contribution >= 4 is 5.91 Å². The van der Waals surface area contributed by atoms with Crippen molar-refractivity contribution in [2.24, 2.45) is 11.3 Å². The molecule has 0 aromatic rings. The Hall–Kier alpha value is -0.830. The normalized spacial score (nSPS) is 32.8. The highest BCUT2D eigenvalue weighted by Gasteiger charge is 2.44. The molecule has 0 saturated heterocycles. The van der Waals surface area contributed by atoms with Gasteiger partial charge in [0.25, 0.3) is 0 Å². The zero-order valence-electron chi connectivity index (χ0n) is 12.0. The van der Waals surface area contributed by atoms with Crippen molar-refractivity contribution in [3.63, 3.8) is 0 Å². The van der Waals surface area contributed by atoms with Gasteiger partial charge in [0.05, 0.1) is 5.60 Å². The number of rotatable bonds is 1. The van der Waals surface area contributed by atoms with Gasteiger partial charge in [-0.15, -0.1) is 0 Å². The van der Waals surface area contributed by atoms with Crippen molar-refractivity contribution in [3.05, 3.63) is 11.6 Å². The molecule has 18 heavy (non-hydrogen) atoms. The van der Waals surface area contributed by atoms with E-state index >= 15 is 0 Å². The van der Waals surface area contributed by atoms with Crippen LogP contribution in [0.4, 0.5) is 0 Å². The Bertz CT molecular complexity index is 368. The van der Waals surface area contributed by atoms with Gasteiger partial charge in [-0.3, -0.25) is 4.79 Å². The van der Waals surface area contributed by atoms with Crippen LogP contribution in [-0.4, -0.2) is 34.6 Å². The average Bonchev–Trinajstić information content (AvgIpc) is 2.24. The lowest BCUT2D eigenvalue weighted by atomic mass is 9.71. The van der Waals surface area contributed by atoms with Gasteiger partial charge in [0.2, 0.25) is 5.91 Å². The Kier molecular flexibility index (Phi) is 3.30. The molecule has 2 rings (SSSR count). The van der Waals surface area contributed by atoms with Gasteiger partial charge in [0, 0.05) is 19.0 Å². The van der Waals surface area contributed by atoms with Crippen LogP contribution in [0, 0.1) is 11.3 Å². The molecular weight excluding hydrogens is 226 g/mol. The topological polar surface area (TPSA) is 40.5 Å². The first-order valence-corrected chi connectivity index (χ1v) is 6.90. The van der Waals surface area contributed by atoms with Crippen LogP contribution in [-0.2, 0) is 4.79 Å². The largest absolute Gasteiger partial charge is 0.390 e. The predicted molar refractivity (Wildman–Crippen MR) is 72.1 cm³/mol. The van der Waals surface area contributed by atoms with E-state index in [4.69, 9.17) is 0 Å². The van der Waals surface area contributed by atoms with Crippen LogP contribution >= 0.6 is 0 Å². The van der Waals surface area contributed by atoms with Crippen molar-refractivity contribution in [1.82, 2.24) is 4.90 Å². The maximum Gasteiger partial charge on any atom is 0.226 e. The molecule has 1 heterocycles. The van der Waals surface area contributed by atoms with E-state index in [2.05, 4.69) is 26.8 Å². The van der Waals surface area contributed by atoms with Crippen LogP contribution in [0.1, 0.15) is 47.0 Å². The van der Waals surface area contributed by atoms with Crippen molar-refractivity contribution in [2.75, 3.05) is 13.1 Å². The minimum absolute atomic E-state index is 0.0459. The lowest BCUT2D eigenvalue weighted by Crippen LogP contribution is -2.50. The fourth-order valence-corrected chi connectivity index (χ4v) is 2.99. The molecule has 0 aromatic carbocycles. The maximum atomic E-state index is 12.2. The molecular formula is C15H25NO2. The van der Waals surface area contributed by atoms with Crippen LogP contribution in [0.5, 0.6) is 0 Å². The molecule has 0 spiro atoms. The molecule has 0 aromatic heterocycles. The first-order valence-electron chi connectivity index (χ1n) is 6.90. The fraction of sp³-hybridized carbons (Fsp3) is 0.800. The van der Waals surface area contributed by atoms with Gasteiger partial charge in [-0.1, -0.05) is 32.4 Å². The second-order valence-electron chi connectivity index (χ2n) is 7.12. The third-order valence-corrected chi connectivity index (χ3v) is 4.21. The minimum atomic E-state index is -0.609. The molecule has 0 radical (unpaired) electrons. The van der Waals surface area contributed by atoms with Crippen molar-refractivity contribution in [3.8, 4) is 0 Å². The zero-order valence-corrected chi connectivity index (χ0v) is 12.0. The summed E-state index contributed by atoms with van der Waals surface area (Å²) in [4.78, 5) is 14.1. The molecule has 1 saturated carbocycles. The van der Waals surface area contributed by atoms with Gasteiger partial charge >= 0.3 is 0 Å². The fourth-order valence-electron chi connectivity index (χ4n) is 2.99. The van der Waals surface area contributed by atoms with E-state index in [1.165, 1.54) is 5.57 Å². The molecule has 0 bridgehead atoms. The summed E-state index contributed by atoms with van der Waals surface area (Å²) < 4.78 is 0. The number of hydrogen-bond acceptors (Lipinski definition) is 2. The summed E-state index contributed by atoms with van der Waals surface area (Å²) in [5.74, 6) is 0.273. The molecule has 3 nitrogen and oxygen atoms in total. The number of carbonyl (C=O) groups is 1. The Morgan fingerprint density at radius 2 is 2.06 bits per heavy atom. The maximum absolute atomic E-state index is 12.2. The molecule has 3 heteroatoms. The standard InChI is InChI=1S/C15H25NO2/c1-14(2,3)12-5-7-16(8-6-12)13(17)11-9-15(4,18)10-11/h5,11,18H,6-10H2,1-4H3. The van der Waals surface area contributed by atoms with Gasteiger partial charge in [-0.2, -0.15) is 0 Å². The molecule has 1 aliphatic heterocycles. The number of carbonyl (C=O) groups excluding carboxylic acids is 1. The quantitative estimate of drug-likeness (QED) is 0.727. The van der Waals surface area contributed by atoms with Gasteiger partial charge in [0.1, 0.15) is 0 Å². The zero-order chi connectivity index (χ0) is 13.6. The molecule has 1 N–H and O–H groups in total. The van der Waals surface area contributed by atoms with E-state index in [1.807, 2.05) is 11.8 Å². The highest BCUT2D eigenvalue weighted by molar-refractivity contribution is 5.80. The second-order valence-corrected chi connectivity index (χ2v) is 7.12. The van der Waals surface area contributed by atoms with Crippen LogP contribution in [0.25, 0.3) is 0 Å². The molecule has 2 aliphatic rings. The van der Waals surface area contributed by atoms with E-state index in [9.17, 15) is 9.90 Å². The highest BCUT2D eigenvalue weighted by Crippen LogP contribution is 2.39. The van der Waals surface area contributed by atoms with E-state index in [0.29, 0.717) is 12.8 Å². The van der Waals surface area contributed by atoms with Crippen molar-refractivity contribution < 1.29 is 9.90 Å². The van der Waals surface area contributed by atoms with E-state index < -0.39 is 5.60 Å². The molecule has 0 unspecified atom stereocenters. The van der Waals surface area contributed by atoms with Crippen LogP contribution in [0.2, 0.25) is 0 Å². The first-order chi connectivity index (χ1) is 8.19. The smallest absolute Gasteiger partial charge is 0.226 e. The van der Waals surface area contributed by atoms with E-state index in [0.717, 1.165) is 19.5 Å². The van der Waals surface area contributed by atoms with Gasteiger partial charge in [-0.05, 0) is 31.6 Å². The van der Waals surface area contributed by atoms with Crippen LogP contribution in [0.3, 0.4) is 0 Å². The van der Waals surface area contributed by atoms with Crippen molar-refractivity contribution in [2.45, 2.75) is 52.6 Å². The molecule has 1 aliphatic carbocycles. The van der Waals surface area contributed by atoms with Crippen LogP contribution in [0.15, 0.2) is 11.6 Å². The summed E-state index contributed by atoms with van der Waals surface area (Å²) in [6.07, 6.45) is 4.44. The minimum Gasteiger partial charge on any atom is -0.390 e. The number of aliphatic hydroxyl groups is 1. The lowest BCUT2D eigenvalue weighted by molar-refractivity contribution is -0.149. The summed E-state index contributed by atoms with van der Waals surface area (Å²) in [6, 6.07) is 0. The van der Waals surface area contributed by atoms with Gasteiger partial charge in [-0.25, -0.2) is 0 Å². The first kappa shape index (κ1) is 13.6. The Morgan fingerprint density at radius 1 is 1.44 bits per heavy atom. The van der Waals surface area contributed by atoms with Crippen molar-refractivity contribution in [1.29, 1.82) is 0 Å². The van der Waals surface area contributed by atoms with E-state index in [1.54, 1.807) is 0 Å². The average molecular weight is 251 g/mol. The molecule has 102 valence electrons. The number of hydrogen-bond donors (Lipinski definition) is 1. The summed E-state index contributed by atoms with van der Waals surface area (Å²) in [7, 11) is 0. The predicted octanol–water partition coefficient (Wildman–Crippen LogP) is 2.35. The number of amides is 1. The Balaban J connectivity index is 1.91. The summed E-state index contributed by atoms with van der Waals surface area (Å²) in [6.45, 7) is 10.0. The highest BCUT2D eigenvalue weighted by atomic mass is 16.3. The Labute approximate surface area is 110 Å². The third-order valence-electron chi connectivity index (χ3n) is 4.21. The lowest BCUT2D eigenvalue weighted by Gasteiger charge is -2.43. The molecule has 1 amide bonds. The Morgan fingerprint density at radius 3 is 2.44 bits per heavy atom. The SMILES string of the molecule is CC1(O)CC(C(=O)N2CC=C(C(C)(C)C)CC2)C1. The number of nitrogens with zero attached hydrogens (tertiary/aromatic N) is 1. The molecule has 0 atom stereocenters. The van der Waals surface area contributed by atoms with E-state index in [-0.39, 0.29) is 17.2 Å². The summed E-state index contributed by atoms with van der Waals surface area (Å²) >= 11 is 0. The van der Waals surface area contributed by atoms with Gasteiger partial charge in [0.15, 0.2) is 0 Å². The summed E-state index contributed by atoms with van der Waals surface area (Å²) in [5, 5.41) is 9.70. The van der Waals surface area contributed by atoms with Crippen LogP contribution < -0.4 is 0 Å². The third kappa shape index (κ3) is 2.77. The van der Waals surface area contributed by atoms with Gasteiger partial charge < -0.3 is 10.0 Å². The molecule has 1 fully saturated rings. The summed E-state index contributed by atoms with van der Waals surface area (Å²) in [5.41, 5.74) is 1.06. The second kappa shape index (κ2) is 4.37. The monoisotopic (exact) mass is 251 g/mol.